The Kier molecular flexibility index (Phi) is 5.39. The van der Waals surface area contributed by atoms with Crippen molar-refractivity contribution in [2.75, 3.05) is 23.6 Å². The summed E-state index contributed by atoms with van der Waals surface area (Å²) in [5.74, 6) is 0.0339. The molecule has 6 heteroatoms. The van der Waals surface area contributed by atoms with Crippen LogP contribution < -0.4 is 10.0 Å². The van der Waals surface area contributed by atoms with Crippen molar-refractivity contribution in [2.24, 2.45) is 0 Å². The molecule has 0 spiro atoms. The number of sulfonamides is 1. The van der Waals surface area contributed by atoms with E-state index in [2.05, 4.69) is 10.0 Å². The SMILES string of the molecule is CCNCc1ccc(NS(=O)(=O)CC2CCCO2)cc1. The van der Waals surface area contributed by atoms with Crippen LogP contribution in [0.25, 0.3) is 0 Å². The van der Waals surface area contributed by atoms with Gasteiger partial charge in [-0.3, -0.25) is 4.72 Å². The molecule has 112 valence electrons. The van der Waals surface area contributed by atoms with Crippen LogP contribution in [0.1, 0.15) is 25.3 Å². The highest BCUT2D eigenvalue weighted by Gasteiger charge is 2.23. The van der Waals surface area contributed by atoms with Gasteiger partial charge in [-0.05, 0) is 37.1 Å². The Morgan fingerprint density at radius 1 is 1.30 bits per heavy atom. The van der Waals surface area contributed by atoms with E-state index < -0.39 is 10.0 Å². The molecule has 1 saturated heterocycles. The van der Waals surface area contributed by atoms with Gasteiger partial charge in [-0.15, -0.1) is 0 Å². The van der Waals surface area contributed by atoms with Gasteiger partial charge in [-0.1, -0.05) is 19.1 Å². The lowest BCUT2D eigenvalue weighted by Crippen LogP contribution is -2.25. The summed E-state index contributed by atoms with van der Waals surface area (Å²) in [6.45, 7) is 4.42. The zero-order valence-corrected chi connectivity index (χ0v) is 12.6. The maximum Gasteiger partial charge on any atom is 0.235 e. The molecule has 1 fully saturated rings. The second-order valence-electron chi connectivity index (χ2n) is 5.00. The molecule has 1 unspecified atom stereocenters. The number of hydrogen-bond donors (Lipinski definition) is 2. The average molecular weight is 298 g/mol. The highest BCUT2D eigenvalue weighted by Crippen LogP contribution is 2.16. The van der Waals surface area contributed by atoms with Gasteiger partial charge >= 0.3 is 0 Å². The molecule has 0 aliphatic carbocycles. The van der Waals surface area contributed by atoms with E-state index in [1.807, 2.05) is 19.1 Å². The smallest absolute Gasteiger partial charge is 0.235 e. The fraction of sp³-hybridized carbons (Fsp3) is 0.571. The summed E-state index contributed by atoms with van der Waals surface area (Å²) < 4.78 is 32.0. The zero-order chi connectivity index (χ0) is 14.4. The van der Waals surface area contributed by atoms with Crippen molar-refractivity contribution in [1.82, 2.24) is 5.32 Å². The van der Waals surface area contributed by atoms with Crippen LogP contribution in [0.5, 0.6) is 0 Å². The van der Waals surface area contributed by atoms with E-state index in [1.54, 1.807) is 12.1 Å². The summed E-state index contributed by atoms with van der Waals surface area (Å²) in [5, 5.41) is 3.23. The summed E-state index contributed by atoms with van der Waals surface area (Å²) in [7, 11) is -3.34. The molecule has 0 amide bonds. The Balaban J connectivity index is 1.91. The molecular weight excluding hydrogens is 276 g/mol. The third-order valence-electron chi connectivity index (χ3n) is 3.24. The van der Waals surface area contributed by atoms with Crippen molar-refractivity contribution >= 4 is 15.7 Å². The molecule has 1 aromatic carbocycles. The molecule has 0 bridgehead atoms. The first-order valence-corrected chi connectivity index (χ1v) is 8.66. The van der Waals surface area contributed by atoms with Crippen molar-refractivity contribution in [3.05, 3.63) is 29.8 Å². The fourth-order valence-corrected chi connectivity index (χ4v) is 3.53. The first-order valence-electron chi connectivity index (χ1n) is 7.01. The summed E-state index contributed by atoms with van der Waals surface area (Å²) in [5.41, 5.74) is 1.73. The number of benzene rings is 1. The van der Waals surface area contributed by atoms with E-state index >= 15 is 0 Å². The van der Waals surface area contributed by atoms with E-state index in [9.17, 15) is 8.42 Å². The molecule has 0 aromatic heterocycles. The molecule has 1 atom stereocenters. The summed E-state index contributed by atoms with van der Waals surface area (Å²) >= 11 is 0. The molecule has 1 aliphatic rings. The van der Waals surface area contributed by atoms with Crippen LogP contribution in [0.15, 0.2) is 24.3 Å². The molecular formula is C14H22N2O3S. The monoisotopic (exact) mass is 298 g/mol. The van der Waals surface area contributed by atoms with E-state index in [4.69, 9.17) is 4.74 Å². The largest absolute Gasteiger partial charge is 0.377 e. The molecule has 1 aliphatic heterocycles. The van der Waals surface area contributed by atoms with Gasteiger partial charge in [0.2, 0.25) is 10.0 Å². The summed E-state index contributed by atoms with van der Waals surface area (Å²) in [6.07, 6.45) is 1.60. The van der Waals surface area contributed by atoms with E-state index in [-0.39, 0.29) is 11.9 Å². The van der Waals surface area contributed by atoms with Gasteiger partial charge in [-0.2, -0.15) is 0 Å². The van der Waals surface area contributed by atoms with Gasteiger partial charge in [0, 0.05) is 18.8 Å². The van der Waals surface area contributed by atoms with Gasteiger partial charge in [0.1, 0.15) is 0 Å². The minimum absolute atomic E-state index is 0.0339. The summed E-state index contributed by atoms with van der Waals surface area (Å²) in [6, 6.07) is 7.43. The second kappa shape index (κ2) is 7.06. The number of nitrogens with one attached hydrogen (secondary N) is 2. The average Bonchev–Trinajstić information content (AvgIpc) is 2.89. The van der Waals surface area contributed by atoms with Gasteiger partial charge in [0.25, 0.3) is 0 Å². The Bertz CT molecular complexity index is 508. The Labute approximate surface area is 120 Å². The van der Waals surface area contributed by atoms with Crippen molar-refractivity contribution in [3.63, 3.8) is 0 Å². The maximum atomic E-state index is 12.0. The van der Waals surface area contributed by atoms with Crippen LogP contribution >= 0.6 is 0 Å². The van der Waals surface area contributed by atoms with Crippen LogP contribution in [-0.4, -0.2) is 33.4 Å². The molecule has 0 radical (unpaired) electrons. The highest BCUT2D eigenvalue weighted by molar-refractivity contribution is 7.92. The molecule has 2 N–H and O–H groups in total. The fourth-order valence-electron chi connectivity index (χ4n) is 2.20. The van der Waals surface area contributed by atoms with Crippen LogP contribution in [0, 0.1) is 0 Å². The molecule has 1 aromatic rings. The normalized spacial score (nSPS) is 19.1. The van der Waals surface area contributed by atoms with Crippen molar-refractivity contribution in [3.8, 4) is 0 Å². The molecule has 0 saturated carbocycles. The first kappa shape index (κ1) is 15.3. The van der Waals surface area contributed by atoms with Crippen LogP contribution in [-0.2, 0) is 21.3 Å². The molecule has 2 rings (SSSR count). The van der Waals surface area contributed by atoms with Crippen molar-refractivity contribution in [2.45, 2.75) is 32.4 Å². The van der Waals surface area contributed by atoms with E-state index in [0.29, 0.717) is 12.3 Å². The van der Waals surface area contributed by atoms with Gasteiger partial charge in [0.05, 0.1) is 11.9 Å². The van der Waals surface area contributed by atoms with Crippen molar-refractivity contribution in [1.29, 1.82) is 0 Å². The Hall–Kier alpha value is -1.11. The topological polar surface area (TPSA) is 67.4 Å². The number of anilines is 1. The number of ether oxygens (including phenoxy) is 1. The minimum atomic E-state index is -3.34. The Morgan fingerprint density at radius 3 is 2.65 bits per heavy atom. The van der Waals surface area contributed by atoms with Gasteiger partial charge in [-0.25, -0.2) is 8.42 Å². The van der Waals surface area contributed by atoms with Crippen LogP contribution in [0.3, 0.4) is 0 Å². The van der Waals surface area contributed by atoms with Gasteiger partial charge < -0.3 is 10.1 Å². The highest BCUT2D eigenvalue weighted by atomic mass is 32.2. The number of rotatable bonds is 7. The lowest BCUT2D eigenvalue weighted by molar-refractivity contribution is 0.127. The predicted molar refractivity (Wildman–Crippen MR) is 80.2 cm³/mol. The molecule has 1 heterocycles. The lowest BCUT2D eigenvalue weighted by atomic mass is 10.2. The quantitative estimate of drug-likeness (QED) is 0.804. The van der Waals surface area contributed by atoms with Gasteiger partial charge in [0.15, 0.2) is 0 Å². The predicted octanol–water partition coefficient (Wildman–Crippen LogP) is 1.72. The number of hydrogen-bond acceptors (Lipinski definition) is 4. The third kappa shape index (κ3) is 4.77. The Morgan fingerprint density at radius 2 is 2.05 bits per heavy atom. The van der Waals surface area contributed by atoms with E-state index in [1.165, 1.54) is 0 Å². The van der Waals surface area contributed by atoms with Crippen LogP contribution in [0.2, 0.25) is 0 Å². The molecule has 20 heavy (non-hydrogen) atoms. The van der Waals surface area contributed by atoms with E-state index in [0.717, 1.165) is 31.5 Å². The summed E-state index contributed by atoms with van der Waals surface area (Å²) in [4.78, 5) is 0. The minimum Gasteiger partial charge on any atom is -0.377 e. The molecule has 5 nitrogen and oxygen atoms in total. The standard InChI is InChI=1S/C14H22N2O3S/c1-2-15-10-12-5-7-13(8-6-12)16-20(17,18)11-14-4-3-9-19-14/h5-8,14-16H,2-4,9-11H2,1H3. The maximum absolute atomic E-state index is 12.0. The zero-order valence-electron chi connectivity index (χ0n) is 11.8. The third-order valence-corrected chi connectivity index (χ3v) is 4.59. The van der Waals surface area contributed by atoms with Crippen molar-refractivity contribution < 1.29 is 13.2 Å². The second-order valence-corrected chi connectivity index (χ2v) is 6.76. The first-order chi connectivity index (χ1) is 9.59. The lowest BCUT2D eigenvalue weighted by Gasteiger charge is -2.12. The van der Waals surface area contributed by atoms with Crippen LogP contribution in [0.4, 0.5) is 5.69 Å².